The lowest BCUT2D eigenvalue weighted by Crippen LogP contribution is -2.44. The molecule has 0 unspecified atom stereocenters. The Morgan fingerprint density at radius 3 is 2.83 bits per heavy atom. The summed E-state index contributed by atoms with van der Waals surface area (Å²) < 4.78 is 6.18. The van der Waals surface area contributed by atoms with Crippen molar-refractivity contribution >= 4 is 11.8 Å². The number of amides is 2. The highest BCUT2D eigenvalue weighted by Crippen LogP contribution is 2.51. The number of carbonyl (C=O) groups is 2. The van der Waals surface area contributed by atoms with Gasteiger partial charge in [0.1, 0.15) is 5.60 Å². The summed E-state index contributed by atoms with van der Waals surface area (Å²) in [5, 5.41) is 2.96. The fourth-order valence-corrected chi connectivity index (χ4v) is 4.79. The zero-order valence-corrected chi connectivity index (χ0v) is 16.0. The van der Waals surface area contributed by atoms with E-state index >= 15 is 0 Å². The van der Waals surface area contributed by atoms with Gasteiger partial charge in [0.2, 0.25) is 11.8 Å². The van der Waals surface area contributed by atoms with Gasteiger partial charge in [-0.3, -0.25) is 14.6 Å². The van der Waals surface area contributed by atoms with E-state index in [1.807, 2.05) is 47.4 Å². The third-order valence-electron chi connectivity index (χ3n) is 6.18. The maximum Gasteiger partial charge on any atom is 0.230 e. The molecule has 1 spiro atoms. The van der Waals surface area contributed by atoms with Crippen molar-refractivity contribution in [2.75, 3.05) is 13.1 Å². The Morgan fingerprint density at radius 2 is 2.03 bits per heavy atom. The van der Waals surface area contributed by atoms with Crippen LogP contribution in [0.1, 0.15) is 11.1 Å². The number of carbonyl (C=O) groups excluding carboxylic acids is 2. The molecule has 4 heterocycles. The fourth-order valence-electron chi connectivity index (χ4n) is 4.79. The highest BCUT2D eigenvalue weighted by molar-refractivity contribution is 5.93. The second kappa shape index (κ2) is 7.12. The summed E-state index contributed by atoms with van der Waals surface area (Å²) in [6, 6.07) is 13.9. The van der Waals surface area contributed by atoms with Gasteiger partial charge in [-0.2, -0.15) is 0 Å². The van der Waals surface area contributed by atoms with Crippen LogP contribution < -0.4 is 5.32 Å². The molecule has 5 rings (SSSR count). The molecule has 4 atom stereocenters. The Kier molecular flexibility index (Phi) is 4.43. The number of hydrogen-bond donors (Lipinski definition) is 1. The molecule has 2 amide bonds. The van der Waals surface area contributed by atoms with Gasteiger partial charge in [-0.05, 0) is 23.6 Å². The molecular formula is C23H23N3O3. The van der Waals surface area contributed by atoms with Crippen LogP contribution in [0.5, 0.6) is 0 Å². The van der Waals surface area contributed by atoms with Gasteiger partial charge in [0.05, 0.1) is 24.5 Å². The van der Waals surface area contributed by atoms with Gasteiger partial charge in [-0.1, -0.05) is 48.6 Å². The summed E-state index contributed by atoms with van der Waals surface area (Å²) in [6.45, 7) is 1.54. The summed E-state index contributed by atoms with van der Waals surface area (Å²) in [7, 11) is 0. The van der Waals surface area contributed by atoms with Crippen molar-refractivity contribution in [1.82, 2.24) is 15.2 Å². The molecule has 1 N–H and O–H groups in total. The monoisotopic (exact) mass is 389 g/mol. The number of hydrogen-bond acceptors (Lipinski definition) is 4. The molecule has 2 aromatic rings. The SMILES string of the molecule is O=C(NCc1cccnc1)[C@@H]1[C@H]2C(=O)N(CCc3ccccc3)C[C@@]23C=C[C@H]1O3. The van der Waals surface area contributed by atoms with Gasteiger partial charge < -0.3 is 15.0 Å². The Bertz CT molecular complexity index is 946. The van der Waals surface area contributed by atoms with Crippen molar-refractivity contribution in [2.24, 2.45) is 11.8 Å². The van der Waals surface area contributed by atoms with Gasteiger partial charge in [0, 0.05) is 25.5 Å². The Labute approximate surface area is 169 Å². The average Bonchev–Trinajstić information content (AvgIpc) is 3.40. The van der Waals surface area contributed by atoms with Crippen LogP contribution in [-0.4, -0.2) is 46.5 Å². The normalized spacial score (nSPS) is 29.3. The third-order valence-corrected chi connectivity index (χ3v) is 6.18. The lowest BCUT2D eigenvalue weighted by molar-refractivity contribution is -0.137. The Hall–Kier alpha value is -2.99. The summed E-state index contributed by atoms with van der Waals surface area (Å²) in [5.74, 6) is -1.03. The number of rotatable bonds is 6. The van der Waals surface area contributed by atoms with Gasteiger partial charge in [-0.15, -0.1) is 0 Å². The molecule has 3 aliphatic rings. The van der Waals surface area contributed by atoms with Crippen molar-refractivity contribution < 1.29 is 14.3 Å². The minimum absolute atomic E-state index is 0.0225. The number of ether oxygens (including phenoxy) is 1. The van der Waals surface area contributed by atoms with Crippen LogP contribution in [0.4, 0.5) is 0 Å². The van der Waals surface area contributed by atoms with Crippen LogP contribution in [0.3, 0.4) is 0 Å². The minimum atomic E-state index is -0.658. The standard InChI is InChI=1S/C23H23N3O3/c27-21(25-14-17-7-4-11-24-13-17)19-18-8-10-23(29-18)15-26(22(28)20(19)23)12-9-16-5-2-1-3-6-16/h1-8,10-11,13,18-20H,9,12,14-15H2,(H,25,27)/t18-,19+,20+,23+/m1/s1. The first-order valence-corrected chi connectivity index (χ1v) is 10.0. The molecular weight excluding hydrogens is 366 g/mol. The topological polar surface area (TPSA) is 71.5 Å². The predicted octanol–water partition coefficient (Wildman–Crippen LogP) is 1.72. The van der Waals surface area contributed by atoms with E-state index in [9.17, 15) is 9.59 Å². The number of likely N-dealkylation sites (tertiary alicyclic amines) is 1. The van der Waals surface area contributed by atoms with Crippen molar-refractivity contribution in [1.29, 1.82) is 0 Å². The van der Waals surface area contributed by atoms with Gasteiger partial charge in [-0.25, -0.2) is 0 Å². The maximum atomic E-state index is 13.2. The van der Waals surface area contributed by atoms with Crippen LogP contribution in [0.15, 0.2) is 67.0 Å². The third kappa shape index (κ3) is 3.13. The van der Waals surface area contributed by atoms with E-state index in [-0.39, 0.29) is 17.9 Å². The first-order valence-electron chi connectivity index (χ1n) is 10.0. The number of nitrogens with one attached hydrogen (secondary N) is 1. The Balaban J connectivity index is 1.28. The first-order chi connectivity index (χ1) is 14.2. The molecule has 148 valence electrons. The molecule has 2 fully saturated rings. The number of fused-ring (bicyclic) bond motifs is 1. The van der Waals surface area contributed by atoms with Crippen LogP contribution in [-0.2, 0) is 27.3 Å². The van der Waals surface area contributed by atoms with Gasteiger partial charge in [0.15, 0.2) is 0 Å². The molecule has 0 saturated carbocycles. The summed E-state index contributed by atoms with van der Waals surface area (Å²) in [4.78, 5) is 32.1. The number of nitrogens with zero attached hydrogens (tertiary/aromatic N) is 2. The van der Waals surface area contributed by atoms with Crippen molar-refractivity contribution in [3.63, 3.8) is 0 Å². The molecule has 0 aliphatic carbocycles. The van der Waals surface area contributed by atoms with E-state index in [2.05, 4.69) is 22.4 Å². The van der Waals surface area contributed by atoms with E-state index in [1.165, 1.54) is 5.56 Å². The average molecular weight is 389 g/mol. The molecule has 29 heavy (non-hydrogen) atoms. The lowest BCUT2D eigenvalue weighted by atomic mass is 9.77. The summed E-state index contributed by atoms with van der Waals surface area (Å²) >= 11 is 0. The van der Waals surface area contributed by atoms with E-state index < -0.39 is 17.4 Å². The molecule has 6 nitrogen and oxygen atoms in total. The minimum Gasteiger partial charge on any atom is -0.360 e. The molecule has 6 heteroatoms. The van der Waals surface area contributed by atoms with Crippen LogP contribution >= 0.6 is 0 Å². The lowest BCUT2D eigenvalue weighted by Gasteiger charge is -2.23. The van der Waals surface area contributed by atoms with E-state index in [0.29, 0.717) is 19.6 Å². The highest BCUT2D eigenvalue weighted by Gasteiger charge is 2.66. The van der Waals surface area contributed by atoms with Crippen molar-refractivity contribution in [2.45, 2.75) is 24.7 Å². The number of benzene rings is 1. The van der Waals surface area contributed by atoms with E-state index in [1.54, 1.807) is 12.4 Å². The molecule has 1 aromatic heterocycles. The predicted molar refractivity (Wildman–Crippen MR) is 107 cm³/mol. The van der Waals surface area contributed by atoms with Gasteiger partial charge >= 0.3 is 0 Å². The maximum absolute atomic E-state index is 13.2. The Morgan fingerprint density at radius 1 is 1.21 bits per heavy atom. The van der Waals surface area contributed by atoms with Crippen molar-refractivity contribution in [3.8, 4) is 0 Å². The van der Waals surface area contributed by atoms with Crippen LogP contribution in [0.2, 0.25) is 0 Å². The van der Waals surface area contributed by atoms with Crippen LogP contribution in [0, 0.1) is 11.8 Å². The summed E-state index contributed by atoms with van der Waals surface area (Å²) in [6.07, 6.45) is 7.83. The molecule has 2 bridgehead atoms. The molecule has 2 saturated heterocycles. The zero-order valence-electron chi connectivity index (χ0n) is 16.0. The van der Waals surface area contributed by atoms with Crippen molar-refractivity contribution in [3.05, 3.63) is 78.1 Å². The number of pyridine rings is 1. The second-order valence-corrected chi connectivity index (χ2v) is 7.97. The zero-order chi connectivity index (χ0) is 19.8. The van der Waals surface area contributed by atoms with Crippen LogP contribution in [0.25, 0.3) is 0 Å². The molecule has 3 aliphatic heterocycles. The van der Waals surface area contributed by atoms with E-state index in [4.69, 9.17) is 4.74 Å². The number of aromatic nitrogens is 1. The summed E-state index contributed by atoms with van der Waals surface area (Å²) in [5.41, 5.74) is 1.47. The molecule has 0 radical (unpaired) electrons. The van der Waals surface area contributed by atoms with Gasteiger partial charge in [0.25, 0.3) is 0 Å². The second-order valence-electron chi connectivity index (χ2n) is 7.97. The largest absolute Gasteiger partial charge is 0.360 e. The molecule has 1 aromatic carbocycles. The smallest absolute Gasteiger partial charge is 0.230 e. The first kappa shape index (κ1) is 18.1. The quantitative estimate of drug-likeness (QED) is 0.764. The highest BCUT2D eigenvalue weighted by atomic mass is 16.5. The fraction of sp³-hybridized carbons (Fsp3) is 0.348. The van der Waals surface area contributed by atoms with E-state index in [0.717, 1.165) is 12.0 Å².